The fourth-order valence-electron chi connectivity index (χ4n) is 4.22. The molecule has 28 heavy (non-hydrogen) atoms. The summed E-state index contributed by atoms with van der Waals surface area (Å²) in [6.07, 6.45) is -1.31. The van der Waals surface area contributed by atoms with Crippen molar-refractivity contribution >= 4 is 11.7 Å². The van der Waals surface area contributed by atoms with E-state index in [9.17, 15) is 18.0 Å². The van der Waals surface area contributed by atoms with Crippen LogP contribution >= 0.6 is 0 Å². The molecule has 10 heteroatoms. The molecule has 1 unspecified atom stereocenters. The molecule has 152 valence electrons. The van der Waals surface area contributed by atoms with Gasteiger partial charge in [0.15, 0.2) is 6.04 Å². The first-order valence-electron chi connectivity index (χ1n) is 9.39. The zero-order valence-electron chi connectivity index (χ0n) is 16.0. The number of hydrogen-bond donors (Lipinski definition) is 1. The van der Waals surface area contributed by atoms with Crippen LogP contribution in [0.5, 0.6) is 0 Å². The summed E-state index contributed by atoms with van der Waals surface area (Å²) in [5.41, 5.74) is 1.64. The molecule has 1 saturated heterocycles. The van der Waals surface area contributed by atoms with Crippen molar-refractivity contribution in [3.05, 3.63) is 29.2 Å². The third-order valence-corrected chi connectivity index (χ3v) is 5.50. The molecule has 1 N–H and O–H groups in total. The number of amides is 1. The molecule has 7 nitrogen and oxygen atoms in total. The third-order valence-electron chi connectivity index (χ3n) is 5.50. The number of hydrogen-bond acceptors (Lipinski definition) is 4. The first kappa shape index (κ1) is 18.8. The van der Waals surface area contributed by atoms with Crippen molar-refractivity contribution in [2.24, 2.45) is 7.05 Å². The van der Waals surface area contributed by atoms with Crippen molar-refractivity contribution in [2.75, 3.05) is 11.9 Å². The molecule has 0 spiro atoms. The van der Waals surface area contributed by atoms with E-state index in [2.05, 4.69) is 15.5 Å². The molecule has 0 bridgehead atoms. The van der Waals surface area contributed by atoms with Gasteiger partial charge in [-0.2, -0.15) is 23.4 Å². The quantitative estimate of drug-likeness (QED) is 0.847. The van der Waals surface area contributed by atoms with Crippen molar-refractivity contribution in [2.45, 2.75) is 57.4 Å². The summed E-state index contributed by atoms with van der Waals surface area (Å²) in [7, 11) is 1.75. The van der Waals surface area contributed by atoms with Crippen LogP contribution in [0.25, 0.3) is 0 Å². The highest BCUT2D eigenvalue weighted by atomic mass is 19.4. The first-order valence-corrected chi connectivity index (χ1v) is 9.39. The number of fused-ring (bicyclic) bond motifs is 1. The maximum Gasteiger partial charge on any atom is 0.410 e. The lowest BCUT2D eigenvalue weighted by Gasteiger charge is -2.31. The molecule has 0 aliphatic carbocycles. The summed E-state index contributed by atoms with van der Waals surface area (Å²) in [4.78, 5) is 14.7. The van der Waals surface area contributed by atoms with Gasteiger partial charge in [0.25, 0.3) is 5.91 Å². The maximum absolute atomic E-state index is 13.5. The Hall–Kier alpha value is -2.52. The van der Waals surface area contributed by atoms with E-state index >= 15 is 0 Å². The van der Waals surface area contributed by atoms with Crippen LogP contribution in [0.4, 0.5) is 19.0 Å². The molecular weight excluding hydrogens is 373 g/mol. The van der Waals surface area contributed by atoms with E-state index in [1.807, 2.05) is 0 Å². The minimum absolute atomic E-state index is 0.0696. The van der Waals surface area contributed by atoms with Gasteiger partial charge in [0.2, 0.25) is 0 Å². The monoisotopic (exact) mass is 396 g/mol. The summed E-state index contributed by atoms with van der Waals surface area (Å²) >= 11 is 0. The Morgan fingerprint density at radius 2 is 2.07 bits per heavy atom. The maximum atomic E-state index is 13.5. The molecule has 4 heterocycles. The van der Waals surface area contributed by atoms with Crippen molar-refractivity contribution in [3.63, 3.8) is 0 Å². The number of nitrogens with one attached hydrogen (secondary N) is 1. The number of aryl methyl sites for hydroxylation is 2. The average molecular weight is 396 g/mol. The molecule has 0 radical (unpaired) electrons. The average Bonchev–Trinajstić information content (AvgIpc) is 3.29. The second-order valence-electron chi connectivity index (χ2n) is 7.70. The van der Waals surface area contributed by atoms with E-state index < -0.39 is 12.2 Å². The van der Waals surface area contributed by atoms with E-state index in [-0.39, 0.29) is 24.4 Å². The number of halogens is 3. The third kappa shape index (κ3) is 3.14. The van der Waals surface area contributed by atoms with Gasteiger partial charge in [0, 0.05) is 31.9 Å². The Labute approximate surface area is 160 Å². The number of likely N-dealkylation sites (tertiary alicyclic amines) is 1. The molecule has 2 aliphatic rings. The van der Waals surface area contributed by atoms with Crippen LogP contribution in [0.2, 0.25) is 0 Å². The molecule has 0 saturated carbocycles. The van der Waals surface area contributed by atoms with Crippen LogP contribution in [-0.2, 0) is 7.05 Å². The van der Waals surface area contributed by atoms with Crippen LogP contribution in [0, 0.1) is 6.92 Å². The van der Waals surface area contributed by atoms with Gasteiger partial charge in [-0.3, -0.25) is 9.48 Å². The van der Waals surface area contributed by atoms with Crippen LogP contribution in [0.3, 0.4) is 0 Å². The lowest BCUT2D eigenvalue weighted by atomic mass is 10.1. The van der Waals surface area contributed by atoms with Crippen LogP contribution < -0.4 is 5.32 Å². The zero-order valence-corrected chi connectivity index (χ0v) is 16.0. The SMILES string of the molecule is Cc1nn(C)cc1C(=O)N1CCCC1c1cc2n(n1)[C@@H](C(F)(F)F)C[C@@H](C)N2. The van der Waals surface area contributed by atoms with E-state index in [1.165, 1.54) is 0 Å². The lowest BCUT2D eigenvalue weighted by molar-refractivity contribution is -0.173. The van der Waals surface area contributed by atoms with Gasteiger partial charge in [-0.15, -0.1) is 0 Å². The fourth-order valence-corrected chi connectivity index (χ4v) is 4.22. The Morgan fingerprint density at radius 3 is 2.71 bits per heavy atom. The van der Waals surface area contributed by atoms with Crippen LogP contribution in [0.15, 0.2) is 12.3 Å². The van der Waals surface area contributed by atoms with Crippen molar-refractivity contribution in [1.82, 2.24) is 24.5 Å². The number of alkyl halides is 3. The lowest BCUT2D eigenvalue weighted by Crippen LogP contribution is -2.38. The van der Waals surface area contributed by atoms with Gasteiger partial charge in [0.05, 0.1) is 23.0 Å². The minimum atomic E-state index is -4.37. The topological polar surface area (TPSA) is 68.0 Å². The van der Waals surface area contributed by atoms with Gasteiger partial charge >= 0.3 is 6.18 Å². The van der Waals surface area contributed by atoms with Gasteiger partial charge in [-0.25, -0.2) is 4.68 Å². The number of aromatic nitrogens is 4. The summed E-state index contributed by atoms with van der Waals surface area (Å²) < 4.78 is 43.1. The standard InChI is InChI=1S/C18H23F3N6O/c1-10-7-15(18(19,20)21)27-16(22-10)8-13(24-27)14-5-4-6-26(14)17(28)12-9-25(3)23-11(12)2/h8-10,14-15,22H,4-7H2,1-3H3/t10-,14?,15-/m1/s1. The van der Waals surface area contributed by atoms with Crippen LogP contribution in [0.1, 0.15) is 60.0 Å². The second-order valence-corrected chi connectivity index (χ2v) is 7.70. The second kappa shape index (κ2) is 6.52. The predicted molar refractivity (Wildman–Crippen MR) is 96.0 cm³/mol. The Bertz CT molecular complexity index is 902. The highest BCUT2D eigenvalue weighted by Gasteiger charge is 2.46. The Kier molecular flexibility index (Phi) is 4.39. The summed E-state index contributed by atoms with van der Waals surface area (Å²) in [5.74, 6) is 0.195. The van der Waals surface area contributed by atoms with Gasteiger partial charge in [-0.1, -0.05) is 0 Å². The molecule has 0 aromatic carbocycles. The van der Waals surface area contributed by atoms with E-state index in [1.54, 1.807) is 42.7 Å². The van der Waals surface area contributed by atoms with Gasteiger partial charge < -0.3 is 10.2 Å². The summed E-state index contributed by atoms with van der Waals surface area (Å²) in [6, 6.07) is -0.640. The van der Waals surface area contributed by atoms with E-state index in [4.69, 9.17) is 0 Å². The minimum Gasteiger partial charge on any atom is -0.368 e. The molecular formula is C18H23F3N6O. The number of rotatable bonds is 2. The van der Waals surface area contributed by atoms with E-state index in [0.29, 0.717) is 35.7 Å². The number of carbonyl (C=O) groups is 1. The molecule has 1 fully saturated rings. The highest BCUT2D eigenvalue weighted by Crippen LogP contribution is 2.41. The molecule has 4 rings (SSSR count). The van der Waals surface area contributed by atoms with Crippen molar-refractivity contribution in [3.8, 4) is 0 Å². The van der Waals surface area contributed by atoms with Crippen LogP contribution in [-0.4, -0.2) is 49.1 Å². The Morgan fingerprint density at radius 1 is 1.32 bits per heavy atom. The Balaban J connectivity index is 1.66. The molecule has 2 aromatic heterocycles. The number of carbonyl (C=O) groups excluding carboxylic acids is 1. The smallest absolute Gasteiger partial charge is 0.368 e. The van der Waals surface area contributed by atoms with Gasteiger partial charge in [0.1, 0.15) is 5.82 Å². The normalized spacial score (nSPS) is 24.9. The highest BCUT2D eigenvalue weighted by molar-refractivity contribution is 5.95. The molecule has 1 amide bonds. The molecule has 2 aromatic rings. The van der Waals surface area contributed by atoms with Gasteiger partial charge in [-0.05, 0) is 33.1 Å². The first-order chi connectivity index (χ1) is 13.1. The summed E-state index contributed by atoms with van der Waals surface area (Å²) in [6.45, 7) is 4.05. The predicted octanol–water partition coefficient (Wildman–Crippen LogP) is 3.21. The number of anilines is 1. The molecule has 2 aliphatic heterocycles. The number of nitrogens with zero attached hydrogens (tertiary/aromatic N) is 5. The molecule has 3 atom stereocenters. The van der Waals surface area contributed by atoms with Crippen molar-refractivity contribution < 1.29 is 18.0 Å². The van der Waals surface area contributed by atoms with E-state index in [0.717, 1.165) is 11.1 Å². The fraction of sp³-hybridized carbons (Fsp3) is 0.611. The summed E-state index contributed by atoms with van der Waals surface area (Å²) in [5, 5.41) is 11.6. The van der Waals surface area contributed by atoms with Crippen molar-refractivity contribution in [1.29, 1.82) is 0 Å². The zero-order chi connectivity index (χ0) is 20.2. The largest absolute Gasteiger partial charge is 0.410 e.